The molecular weight excluding hydrogens is 256 g/mol. The van der Waals surface area contributed by atoms with E-state index in [9.17, 15) is 9.59 Å². The standard InChI is InChI=1S/C11H10N2O4S/c1-6-3-4-7(17-6)9(14)13-11-12-5-8(18-11)10(15)16-2/h3-5H,1-2H3,(H,12,13,14). The van der Waals surface area contributed by atoms with Gasteiger partial charge in [0.1, 0.15) is 10.6 Å². The number of methoxy groups -OCH3 is 1. The van der Waals surface area contributed by atoms with Gasteiger partial charge in [-0.2, -0.15) is 0 Å². The first-order chi connectivity index (χ1) is 8.60. The predicted molar refractivity (Wildman–Crippen MR) is 64.9 cm³/mol. The molecule has 7 heteroatoms. The summed E-state index contributed by atoms with van der Waals surface area (Å²) < 4.78 is 9.71. The van der Waals surface area contributed by atoms with Crippen LogP contribution in [0.5, 0.6) is 0 Å². The van der Waals surface area contributed by atoms with Crippen molar-refractivity contribution in [3.05, 3.63) is 34.7 Å². The molecule has 0 aromatic carbocycles. The maximum atomic E-state index is 11.7. The normalized spacial score (nSPS) is 10.1. The molecule has 0 atom stereocenters. The molecule has 0 saturated heterocycles. The highest BCUT2D eigenvalue weighted by Crippen LogP contribution is 2.19. The van der Waals surface area contributed by atoms with Gasteiger partial charge in [0, 0.05) is 0 Å². The fourth-order valence-corrected chi connectivity index (χ4v) is 1.97. The summed E-state index contributed by atoms with van der Waals surface area (Å²) in [6, 6.07) is 3.26. The summed E-state index contributed by atoms with van der Waals surface area (Å²) >= 11 is 1.04. The van der Waals surface area contributed by atoms with Crippen molar-refractivity contribution in [3.8, 4) is 0 Å². The van der Waals surface area contributed by atoms with Crippen molar-refractivity contribution in [2.24, 2.45) is 0 Å². The third-order valence-corrected chi connectivity index (χ3v) is 2.97. The molecule has 1 N–H and O–H groups in total. The van der Waals surface area contributed by atoms with E-state index in [-0.39, 0.29) is 5.76 Å². The quantitative estimate of drug-likeness (QED) is 0.860. The summed E-state index contributed by atoms with van der Waals surface area (Å²) in [5.41, 5.74) is 0. The van der Waals surface area contributed by atoms with Crippen LogP contribution < -0.4 is 5.32 Å². The molecule has 94 valence electrons. The van der Waals surface area contributed by atoms with Crippen LogP contribution in [0.1, 0.15) is 26.0 Å². The number of carbonyl (C=O) groups excluding carboxylic acids is 2. The lowest BCUT2D eigenvalue weighted by molar-refractivity contribution is 0.0606. The van der Waals surface area contributed by atoms with Gasteiger partial charge in [-0.1, -0.05) is 11.3 Å². The first-order valence-corrected chi connectivity index (χ1v) is 5.83. The van der Waals surface area contributed by atoms with Gasteiger partial charge < -0.3 is 9.15 Å². The molecule has 0 radical (unpaired) electrons. The maximum absolute atomic E-state index is 11.7. The Kier molecular flexibility index (Phi) is 3.42. The Morgan fingerprint density at radius 3 is 2.83 bits per heavy atom. The third-order valence-electron chi connectivity index (χ3n) is 2.08. The van der Waals surface area contributed by atoms with Crippen molar-refractivity contribution < 1.29 is 18.7 Å². The zero-order valence-electron chi connectivity index (χ0n) is 9.72. The van der Waals surface area contributed by atoms with Gasteiger partial charge in [-0.05, 0) is 19.1 Å². The lowest BCUT2D eigenvalue weighted by atomic mass is 10.4. The van der Waals surface area contributed by atoms with Crippen LogP contribution in [0.2, 0.25) is 0 Å². The number of hydrogen-bond acceptors (Lipinski definition) is 6. The minimum absolute atomic E-state index is 0.197. The first kappa shape index (κ1) is 12.3. The number of furan rings is 1. The Morgan fingerprint density at radius 2 is 2.22 bits per heavy atom. The highest BCUT2D eigenvalue weighted by Gasteiger charge is 2.15. The number of nitrogens with zero attached hydrogens (tertiary/aromatic N) is 1. The zero-order chi connectivity index (χ0) is 13.1. The van der Waals surface area contributed by atoms with E-state index in [4.69, 9.17) is 4.42 Å². The van der Waals surface area contributed by atoms with Crippen LogP contribution in [0.25, 0.3) is 0 Å². The molecule has 0 aliphatic carbocycles. The second kappa shape index (κ2) is 5.01. The Balaban J connectivity index is 2.08. The van der Waals surface area contributed by atoms with Crippen LogP contribution in [0.3, 0.4) is 0 Å². The molecule has 2 aromatic rings. The van der Waals surface area contributed by atoms with Gasteiger partial charge in [-0.25, -0.2) is 9.78 Å². The predicted octanol–water partition coefficient (Wildman–Crippen LogP) is 2.08. The van der Waals surface area contributed by atoms with Crippen molar-refractivity contribution in [2.45, 2.75) is 6.92 Å². The van der Waals surface area contributed by atoms with E-state index in [1.807, 2.05) is 0 Å². The molecule has 0 bridgehead atoms. The lowest BCUT2D eigenvalue weighted by Gasteiger charge is -1.97. The molecular formula is C11H10N2O4S. The van der Waals surface area contributed by atoms with E-state index in [0.29, 0.717) is 15.8 Å². The number of amides is 1. The molecule has 0 saturated carbocycles. The number of rotatable bonds is 3. The summed E-state index contributed by atoms with van der Waals surface area (Å²) in [5.74, 6) is -0.0486. The topological polar surface area (TPSA) is 81.4 Å². The van der Waals surface area contributed by atoms with Gasteiger partial charge in [-0.3, -0.25) is 10.1 Å². The van der Waals surface area contributed by atoms with Gasteiger partial charge >= 0.3 is 5.97 Å². The second-order valence-electron chi connectivity index (χ2n) is 3.39. The highest BCUT2D eigenvalue weighted by molar-refractivity contribution is 7.17. The monoisotopic (exact) mass is 266 g/mol. The number of carbonyl (C=O) groups is 2. The van der Waals surface area contributed by atoms with Crippen LogP contribution in [0.4, 0.5) is 5.13 Å². The van der Waals surface area contributed by atoms with Crippen molar-refractivity contribution in [1.82, 2.24) is 4.98 Å². The molecule has 0 aliphatic rings. The van der Waals surface area contributed by atoms with Gasteiger partial charge in [0.15, 0.2) is 10.9 Å². The van der Waals surface area contributed by atoms with Gasteiger partial charge in [0.25, 0.3) is 5.91 Å². The van der Waals surface area contributed by atoms with Gasteiger partial charge in [0.2, 0.25) is 0 Å². The fraction of sp³-hybridized carbons (Fsp3) is 0.182. The van der Waals surface area contributed by atoms with E-state index in [1.54, 1.807) is 19.1 Å². The summed E-state index contributed by atoms with van der Waals surface area (Å²) in [4.78, 5) is 27.1. The average Bonchev–Trinajstić information content (AvgIpc) is 2.97. The van der Waals surface area contributed by atoms with E-state index in [1.165, 1.54) is 13.3 Å². The van der Waals surface area contributed by atoms with Gasteiger partial charge in [0.05, 0.1) is 13.3 Å². The van der Waals surface area contributed by atoms with Crippen LogP contribution in [-0.4, -0.2) is 24.0 Å². The summed E-state index contributed by atoms with van der Waals surface area (Å²) in [7, 11) is 1.28. The van der Waals surface area contributed by atoms with E-state index in [2.05, 4.69) is 15.0 Å². The zero-order valence-corrected chi connectivity index (χ0v) is 10.5. The SMILES string of the molecule is COC(=O)c1cnc(NC(=O)c2ccc(C)o2)s1. The summed E-state index contributed by atoms with van der Waals surface area (Å²) in [5, 5.41) is 2.85. The molecule has 0 fully saturated rings. The van der Waals surface area contributed by atoms with Crippen molar-refractivity contribution in [1.29, 1.82) is 0 Å². The summed E-state index contributed by atoms with van der Waals surface area (Å²) in [6.07, 6.45) is 1.35. The minimum atomic E-state index is -0.484. The number of thiazole rings is 1. The van der Waals surface area contributed by atoms with E-state index < -0.39 is 11.9 Å². The number of esters is 1. The second-order valence-corrected chi connectivity index (χ2v) is 4.42. The minimum Gasteiger partial charge on any atom is -0.465 e. The largest absolute Gasteiger partial charge is 0.465 e. The van der Waals surface area contributed by atoms with E-state index >= 15 is 0 Å². The van der Waals surface area contributed by atoms with Crippen LogP contribution >= 0.6 is 11.3 Å². The Labute approximate surface area is 107 Å². The Morgan fingerprint density at radius 1 is 1.44 bits per heavy atom. The van der Waals surface area contributed by atoms with E-state index in [0.717, 1.165) is 11.3 Å². The van der Waals surface area contributed by atoms with Crippen LogP contribution in [-0.2, 0) is 4.74 Å². The molecule has 18 heavy (non-hydrogen) atoms. The Hall–Kier alpha value is -2.15. The molecule has 6 nitrogen and oxygen atoms in total. The molecule has 0 aliphatic heterocycles. The molecule has 2 rings (SSSR count). The van der Waals surface area contributed by atoms with Gasteiger partial charge in [-0.15, -0.1) is 0 Å². The lowest BCUT2D eigenvalue weighted by Crippen LogP contribution is -2.10. The number of anilines is 1. The van der Waals surface area contributed by atoms with Crippen molar-refractivity contribution in [3.63, 3.8) is 0 Å². The molecule has 0 unspecified atom stereocenters. The fourth-order valence-electron chi connectivity index (χ4n) is 1.24. The Bertz CT molecular complexity index is 587. The number of nitrogens with one attached hydrogen (secondary N) is 1. The molecule has 2 heterocycles. The smallest absolute Gasteiger partial charge is 0.349 e. The van der Waals surface area contributed by atoms with Crippen molar-refractivity contribution >= 4 is 28.3 Å². The first-order valence-electron chi connectivity index (χ1n) is 5.02. The maximum Gasteiger partial charge on any atom is 0.349 e. The highest BCUT2D eigenvalue weighted by atomic mass is 32.1. The summed E-state index contributed by atoms with van der Waals surface area (Å²) in [6.45, 7) is 1.75. The van der Waals surface area contributed by atoms with Crippen LogP contribution in [0.15, 0.2) is 22.7 Å². The molecule has 1 amide bonds. The average molecular weight is 266 g/mol. The van der Waals surface area contributed by atoms with Crippen molar-refractivity contribution in [2.75, 3.05) is 12.4 Å². The number of hydrogen-bond donors (Lipinski definition) is 1. The molecule has 2 aromatic heterocycles. The number of ether oxygens (including phenoxy) is 1. The van der Waals surface area contributed by atoms with Crippen LogP contribution in [0, 0.1) is 6.92 Å². The number of aromatic nitrogens is 1. The molecule has 0 spiro atoms. The third kappa shape index (κ3) is 2.57. The number of aryl methyl sites for hydroxylation is 1.